The maximum atomic E-state index is 12.6. The topological polar surface area (TPSA) is 80.6 Å². The molecule has 0 saturated heterocycles. The zero-order valence-electron chi connectivity index (χ0n) is 18.8. The molecule has 0 saturated carbocycles. The number of para-hydroxylation sites is 2. The van der Waals surface area contributed by atoms with Crippen LogP contribution in [-0.4, -0.2) is 46.9 Å². The van der Waals surface area contributed by atoms with Gasteiger partial charge in [-0.2, -0.15) is 0 Å². The van der Waals surface area contributed by atoms with Gasteiger partial charge in [0.25, 0.3) is 5.91 Å². The number of fused-ring (bicyclic) bond motifs is 1. The van der Waals surface area contributed by atoms with Gasteiger partial charge in [-0.15, -0.1) is 0 Å². The van der Waals surface area contributed by atoms with Crippen LogP contribution in [-0.2, 0) is 25.7 Å². The van der Waals surface area contributed by atoms with E-state index in [0.29, 0.717) is 18.7 Å². The molecule has 3 aromatic rings. The number of hydrogen-bond acceptors (Lipinski definition) is 4. The monoisotopic (exact) mass is 435 g/mol. The van der Waals surface area contributed by atoms with Crippen LogP contribution in [0.15, 0.2) is 54.6 Å². The summed E-state index contributed by atoms with van der Waals surface area (Å²) in [4.78, 5) is 38.9. The number of nitrogens with zero attached hydrogens (tertiary/aromatic N) is 2. The first-order chi connectivity index (χ1) is 15.4. The fraction of sp³-hybridized carbons (Fsp3) is 0.320. The molecule has 168 valence electrons. The molecule has 0 aliphatic carbocycles. The molecular formula is C25H29N3O4. The summed E-state index contributed by atoms with van der Waals surface area (Å²) in [6.07, 6.45) is 0.686. The quantitative estimate of drug-likeness (QED) is 0.520. The highest BCUT2D eigenvalue weighted by atomic mass is 16.5. The number of hydrogen-bond donors (Lipinski definition) is 1. The molecule has 0 aliphatic heterocycles. The zero-order chi connectivity index (χ0) is 23.1. The van der Waals surface area contributed by atoms with Gasteiger partial charge in [0.1, 0.15) is 6.54 Å². The van der Waals surface area contributed by atoms with Crippen LogP contribution >= 0.6 is 0 Å². The highest BCUT2D eigenvalue weighted by Crippen LogP contribution is 2.19. The van der Waals surface area contributed by atoms with Gasteiger partial charge in [-0.05, 0) is 49.4 Å². The van der Waals surface area contributed by atoms with Crippen molar-refractivity contribution in [3.05, 3.63) is 65.9 Å². The first-order valence-electron chi connectivity index (χ1n) is 10.7. The second-order valence-electron chi connectivity index (χ2n) is 7.77. The molecule has 2 aromatic carbocycles. The smallest absolute Gasteiger partial charge is 0.326 e. The molecule has 7 heteroatoms. The summed E-state index contributed by atoms with van der Waals surface area (Å²) in [5.74, 6) is -1.18. The Labute approximate surface area is 188 Å². The van der Waals surface area contributed by atoms with Gasteiger partial charge >= 0.3 is 5.97 Å². The molecule has 2 amide bonds. The minimum Gasteiger partial charge on any atom is -0.454 e. The average molecular weight is 436 g/mol. The van der Waals surface area contributed by atoms with E-state index < -0.39 is 18.5 Å². The van der Waals surface area contributed by atoms with Gasteiger partial charge in [-0.3, -0.25) is 14.4 Å². The molecular weight excluding hydrogens is 406 g/mol. The molecule has 0 spiro atoms. The second-order valence-corrected chi connectivity index (χ2v) is 7.77. The molecule has 3 rings (SSSR count). The average Bonchev–Trinajstić information content (AvgIpc) is 3.08. The van der Waals surface area contributed by atoms with Crippen LogP contribution < -0.4 is 5.32 Å². The van der Waals surface area contributed by atoms with Gasteiger partial charge in [-0.1, -0.05) is 43.3 Å². The zero-order valence-corrected chi connectivity index (χ0v) is 18.8. The fourth-order valence-electron chi connectivity index (χ4n) is 3.60. The van der Waals surface area contributed by atoms with Crippen LogP contribution in [0.3, 0.4) is 0 Å². The van der Waals surface area contributed by atoms with Crippen molar-refractivity contribution in [1.29, 1.82) is 0 Å². The maximum absolute atomic E-state index is 12.6. The molecule has 0 radical (unpaired) electrons. The minimum atomic E-state index is -0.497. The Hall–Kier alpha value is -3.61. The van der Waals surface area contributed by atoms with E-state index in [-0.39, 0.29) is 19.0 Å². The third-order valence-electron chi connectivity index (χ3n) is 5.26. The number of carbonyl (C=O) groups is 3. The summed E-state index contributed by atoms with van der Waals surface area (Å²) >= 11 is 0. The number of aromatic nitrogens is 1. The van der Waals surface area contributed by atoms with Crippen molar-refractivity contribution in [2.45, 2.75) is 33.7 Å². The summed E-state index contributed by atoms with van der Waals surface area (Å²) in [5.41, 5.74) is 3.53. The van der Waals surface area contributed by atoms with Gasteiger partial charge in [0.2, 0.25) is 5.91 Å². The van der Waals surface area contributed by atoms with E-state index in [1.807, 2.05) is 79.9 Å². The minimum absolute atomic E-state index is 0.0220. The van der Waals surface area contributed by atoms with E-state index in [4.69, 9.17) is 4.74 Å². The number of nitrogens with one attached hydrogen (secondary N) is 1. The van der Waals surface area contributed by atoms with Gasteiger partial charge < -0.3 is 19.5 Å². The molecule has 7 nitrogen and oxygen atoms in total. The van der Waals surface area contributed by atoms with Gasteiger partial charge in [0.05, 0.1) is 6.54 Å². The van der Waals surface area contributed by atoms with E-state index in [1.165, 1.54) is 4.90 Å². The highest BCUT2D eigenvalue weighted by Gasteiger charge is 2.19. The number of esters is 1. The Balaban J connectivity index is 1.56. The first-order valence-corrected chi connectivity index (χ1v) is 10.7. The fourth-order valence-corrected chi connectivity index (χ4v) is 3.60. The van der Waals surface area contributed by atoms with Crippen LogP contribution in [0.1, 0.15) is 24.6 Å². The molecule has 0 fully saturated rings. The van der Waals surface area contributed by atoms with Crippen molar-refractivity contribution in [3.63, 3.8) is 0 Å². The van der Waals surface area contributed by atoms with E-state index >= 15 is 0 Å². The van der Waals surface area contributed by atoms with Crippen molar-refractivity contribution in [2.24, 2.45) is 0 Å². The number of rotatable bonds is 9. The van der Waals surface area contributed by atoms with Crippen LogP contribution in [0, 0.1) is 13.8 Å². The predicted molar refractivity (Wildman–Crippen MR) is 124 cm³/mol. The standard InChI is InChI=1S/C25H29N3O4/c1-4-13-27(15-23(29)26-21-11-7-5-9-18(21)2)24(30)17-32-25(31)16-28-19(3)14-20-10-6-8-12-22(20)28/h5-12,14H,4,13,15-17H2,1-3H3,(H,26,29). The van der Waals surface area contributed by atoms with E-state index in [0.717, 1.165) is 22.2 Å². The van der Waals surface area contributed by atoms with Crippen molar-refractivity contribution < 1.29 is 19.1 Å². The third kappa shape index (κ3) is 5.75. The summed E-state index contributed by atoms with van der Waals surface area (Å²) in [5, 5.41) is 3.87. The SMILES string of the molecule is CCCN(CC(=O)Nc1ccccc1C)C(=O)COC(=O)Cn1c(C)cc2ccccc21. The Bertz CT molecular complexity index is 1120. The number of aryl methyl sites for hydroxylation is 2. The maximum Gasteiger partial charge on any atom is 0.326 e. The summed E-state index contributed by atoms with van der Waals surface area (Å²) in [6.45, 7) is 5.68. The third-order valence-corrected chi connectivity index (χ3v) is 5.26. The number of benzene rings is 2. The van der Waals surface area contributed by atoms with Gasteiger partial charge in [0, 0.05) is 23.4 Å². The lowest BCUT2D eigenvalue weighted by molar-refractivity contribution is -0.152. The number of ether oxygens (including phenoxy) is 1. The predicted octanol–water partition coefficient (Wildman–Crippen LogP) is 3.68. The second kappa shape index (κ2) is 10.6. The molecule has 0 unspecified atom stereocenters. The first kappa shape index (κ1) is 23.1. The number of anilines is 1. The molecule has 1 aromatic heterocycles. The van der Waals surface area contributed by atoms with E-state index in [9.17, 15) is 14.4 Å². The van der Waals surface area contributed by atoms with Crippen LogP contribution in [0.4, 0.5) is 5.69 Å². The van der Waals surface area contributed by atoms with E-state index in [2.05, 4.69) is 5.32 Å². The largest absolute Gasteiger partial charge is 0.454 e. The Morgan fingerprint density at radius 2 is 1.75 bits per heavy atom. The molecule has 0 bridgehead atoms. The summed E-state index contributed by atoms with van der Waals surface area (Å²) in [6, 6.07) is 17.2. The summed E-state index contributed by atoms with van der Waals surface area (Å²) in [7, 11) is 0. The van der Waals surface area contributed by atoms with Gasteiger partial charge in [0.15, 0.2) is 6.61 Å². The lowest BCUT2D eigenvalue weighted by atomic mass is 10.2. The van der Waals surface area contributed by atoms with Crippen LogP contribution in [0.2, 0.25) is 0 Å². The molecule has 32 heavy (non-hydrogen) atoms. The molecule has 0 aliphatic rings. The Kier molecular flexibility index (Phi) is 7.65. The molecule has 0 atom stereocenters. The molecule has 1 heterocycles. The lowest BCUT2D eigenvalue weighted by Crippen LogP contribution is -2.41. The van der Waals surface area contributed by atoms with Crippen molar-refractivity contribution in [3.8, 4) is 0 Å². The highest BCUT2D eigenvalue weighted by molar-refractivity contribution is 5.95. The lowest BCUT2D eigenvalue weighted by Gasteiger charge is -2.22. The number of carbonyl (C=O) groups excluding carboxylic acids is 3. The van der Waals surface area contributed by atoms with Crippen molar-refractivity contribution in [1.82, 2.24) is 9.47 Å². The van der Waals surface area contributed by atoms with Gasteiger partial charge in [-0.25, -0.2) is 0 Å². The van der Waals surface area contributed by atoms with Crippen molar-refractivity contribution >= 4 is 34.4 Å². The van der Waals surface area contributed by atoms with Crippen molar-refractivity contribution in [2.75, 3.05) is 25.0 Å². The Morgan fingerprint density at radius 3 is 2.50 bits per heavy atom. The normalized spacial score (nSPS) is 10.7. The summed E-state index contributed by atoms with van der Waals surface area (Å²) < 4.78 is 7.11. The van der Waals surface area contributed by atoms with Crippen LogP contribution in [0.25, 0.3) is 10.9 Å². The number of amides is 2. The van der Waals surface area contributed by atoms with Crippen LogP contribution in [0.5, 0.6) is 0 Å². The van der Waals surface area contributed by atoms with E-state index in [1.54, 1.807) is 0 Å². The Morgan fingerprint density at radius 1 is 1.03 bits per heavy atom. The molecule has 1 N–H and O–H groups in total.